The summed E-state index contributed by atoms with van der Waals surface area (Å²) in [4.78, 5) is 33.5. The third kappa shape index (κ3) is 8.09. The van der Waals surface area contributed by atoms with Crippen LogP contribution in [-0.4, -0.2) is 40.0 Å². The summed E-state index contributed by atoms with van der Waals surface area (Å²) in [6.45, 7) is 7.32. The Kier molecular flexibility index (Phi) is 11.0. The van der Waals surface area contributed by atoms with Crippen molar-refractivity contribution in [1.82, 2.24) is 15.3 Å². The van der Waals surface area contributed by atoms with Gasteiger partial charge in [0, 0.05) is 31.4 Å². The molecule has 1 aliphatic rings. The van der Waals surface area contributed by atoms with Crippen molar-refractivity contribution in [3.05, 3.63) is 78.1 Å². The fourth-order valence-electron chi connectivity index (χ4n) is 4.54. The number of aromatic amines is 1. The number of fused-ring (bicyclic) bond motifs is 1. The van der Waals surface area contributed by atoms with Gasteiger partial charge in [-0.1, -0.05) is 43.8 Å². The van der Waals surface area contributed by atoms with E-state index in [9.17, 15) is 9.59 Å². The van der Waals surface area contributed by atoms with Gasteiger partial charge in [0.25, 0.3) is 5.24 Å². The summed E-state index contributed by atoms with van der Waals surface area (Å²) in [6.07, 6.45) is 0.180. The number of hydrogen-bond donors (Lipinski definition) is 2. The van der Waals surface area contributed by atoms with E-state index in [1.807, 2.05) is 67.6 Å². The molecule has 1 aromatic heterocycles. The molecule has 11 heteroatoms. The van der Waals surface area contributed by atoms with Gasteiger partial charge in [-0.3, -0.25) is 14.9 Å². The van der Waals surface area contributed by atoms with Gasteiger partial charge in [-0.25, -0.2) is 4.98 Å². The van der Waals surface area contributed by atoms with Crippen LogP contribution in [0.25, 0.3) is 11.0 Å². The molecule has 1 aliphatic heterocycles. The Morgan fingerprint density at radius 3 is 2.34 bits per heavy atom. The number of anilines is 1. The number of imide groups is 1. The first-order valence-corrected chi connectivity index (χ1v) is 13.9. The van der Waals surface area contributed by atoms with Gasteiger partial charge in [0.2, 0.25) is 5.91 Å². The minimum absolute atomic E-state index is 0. The zero-order valence-electron chi connectivity index (χ0n) is 23.2. The van der Waals surface area contributed by atoms with Gasteiger partial charge in [0.1, 0.15) is 23.1 Å². The molecule has 0 aliphatic carbocycles. The highest BCUT2D eigenvalue weighted by Crippen LogP contribution is 2.30. The third-order valence-electron chi connectivity index (χ3n) is 6.41. The Labute approximate surface area is 256 Å². The average molecular weight is 618 g/mol. The van der Waals surface area contributed by atoms with Crippen LogP contribution in [0.5, 0.6) is 17.2 Å². The van der Waals surface area contributed by atoms with E-state index in [0.717, 1.165) is 52.1 Å². The Bertz CT molecular complexity index is 1500. The summed E-state index contributed by atoms with van der Waals surface area (Å²) >= 11 is 1.03. The largest absolute Gasteiger partial charge is 0.483 e. The molecule has 1 fully saturated rings. The molecule has 0 spiro atoms. The predicted molar refractivity (Wildman–Crippen MR) is 169 cm³/mol. The lowest BCUT2D eigenvalue weighted by molar-refractivity contribution is -0.118. The number of thioether (sulfide) groups is 1. The number of nitrogens with one attached hydrogen (secondary N) is 2. The van der Waals surface area contributed by atoms with Crippen molar-refractivity contribution in [2.24, 2.45) is 5.92 Å². The van der Waals surface area contributed by atoms with Crippen molar-refractivity contribution in [3.63, 3.8) is 0 Å². The lowest BCUT2D eigenvalue weighted by Gasteiger charge is -2.22. The molecule has 0 radical (unpaired) electrons. The lowest BCUT2D eigenvalue weighted by atomic mass is 10.1. The second-order valence-electron chi connectivity index (χ2n) is 10.2. The zero-order valence-corrected chi connectivity index (χ0v) is 25.7. The summed E-state index contributed by atoms with van der Waals surface area (Å²) in [5.74, 6) is 3.24. The minimum atomic E-state index is -0.386. The molecule has 2 amide bonds. The zero-order chi connectivity index (χ0) is 27.5. The topological polar surface area (TPSA) is 96.6 Å². The smallest absolute Gasteiger partial charge is 0.286 e. The number of aromatic nitrogens is 2. The Morgan fingerprint density at radius 2 is 1.66 bits per heavy atom. The first-order valence-electron chi connectivity index (χ1n) is 13.0. The van der Waals surface area contributed by atoms with Crippen molar-refractivity contribution in [2.45, 2.75) is 38.5 Å². The SMILES string of the molecule is CC(C)CN(C)c1cccc(Oc2ccc3nc(C(C)Oc4ccc(CC5SC(=O)NC5=O)cc4)[nH]c3c2)c1.Cl.Cl. The van der Waals surface area contributed by atoms with Crippen LogP contribution in [0.15, 0.2) is 66.7 Å². The van der Waals surface area contributed by atoms with Gasteiger partial charge in [-0.2, -0.15) is 0 Å². The van der Waals surface area contributed by atoms with E-state index in [2.05, 4.69) is 42.2 Å². The number of benzene rings is 3. The molecule has 2 N–H and O–H groups in total. The van der Waals surface area contributed by atoms with E-state index in [1.165, 1.54) is 0 Å². The Balaban J connectivity index is 0.00000231. The molecule has 2 heterocycles. The van der Waals surface area contributed by atoms with Gasteiger partial charge in [-0.05, 0) is 61.2 Å². The standard InChI is InChI=1S/C30H32N4O4S.2ClH/c1-18(2)17-34(4)21-6-5-7-23(15-21)38-24-12-13-25-26(16-24)32-28(31-25)19(3)37-22-10-8-20(9-11-22)14-27-29(35)33-30(36)39-27;;/h5-13,15-16,18-19,27H,14,17H2,1-4H3,(H,31,32)(H,33,35,36);2*1H. The van der Waals surface area contributed by atoms with Crippen molar-refractivity contribution < 1.29 is 19.1 Å². The number of H-pyrrole nitrogens is 1. The fraction of sp³-hybridized carbons (Fsp3) is 0.300. The van der Waals surface area contributed by atoms with E-state index in [4.69, 9.17) is 14.5 Å². The summed E-state index contributed by atoms with van der Waals surface area (Å²) in [7, 11) is 2.09. The number of imidazole rings is 1. The van der Waals surface area contributed by atoms with Gasteiger partial charge in [-0.15, -0.1) is 24.8 Å². The maximum absolute atomic E-state index is 11.8. The molecular weight excluding hydrogens is 583 g/mol. The summed E-state index contributed by atoms with van der Waals surface area (Å²) in [6, 6.07) is 21.5. The number of hydrogen-bond acceptors (Lipinski definition) is 7. The Morgan fingerprint density at radius 1 is 0.951 bits per heavy atom. The van der Waals surface area contributed by atoms with Gasteiger partial charge < -0.3 is 19.4 Å². The second kappa shape index (κ2) is 14.0. The van der Waals surface area contributed by atoms with Crippen LogP contribution in [0.1, 0.15) is 38.3 Å². The van der Waals surface area contributed by atoms with E-state index < -0.39 is 0 Å². The number of amides is 2. The molecular formula is C30H34Cl2N4O4S. The highest BCUT2D eigenvalue weighted by atomic mass is 35.5. The number of halogens is 2. The fourth-order valence-corrected chi connectivity index (χ4v) is 5.40. The molecule has 1 saturated heterocycles. The molecule has 4 aromatic rings. The first kappa shape index (κ1) is 32.1. The minimum Gasteiger partial charge on any atom is -0.483 e. The quantitative estimate of drug-likeness (QED) is 0.192. The molecule has 0 bridgehead atoms. The highest BCUT2D eigenvalue weighted by molar-refractivity contribution is 8.15. The summed E-state index contributed by atoms with van der Waals surface area (Å²) in [5.41, 5.74) is 3.77. The van der Waals surface area contributed by atoms with Gasteiger partial charge in [0.15, 0.2) is 6.10 Å². The number of carbonyl (C=O) groups excluding carboxylic acids is 2. The molecule has 2 unspecified atom stereocenters. The molecule has 2 atom stereocenters. The van der Waals surface area contributed by atoms with Crippen molar-refractivity contribution in [3.8, 4) is 17.2 Å². The van der Waals surface area contributed by atoms with Crippen LogP contribution in [0.4, 0.5) is 10.5 Å². The van der Waals surface area contributed by atoms with E-state index in [1.54, 1.807) is 0 Å². The van der Waals surface area contributed by atoms with Crippen LogP contribution in [0.2, 0.25) is 0 Å². The number of rotatable bonds is 10. The van der Waals surface area contributed by atoms with E-state index in [0.29, 0.717) is 23.9 Å². The molecule has 5 rings (SSSR count). The average Bonchev–Trinajstić information content (AvgIpc) is 3.46. The molecule has 0 saturated carbocycles. The molecule has 218 valence electrons. The molecule has 8 nitrogen and oxygen atoms in total. The number of nitrogens with zero attached hydrogens (tertiary/aromatic N) is 2. The van der Waals surface area contributed by atoms with E-state index in [-0.39, 0.29) is 47.3 Å². The summed E-state index contributed by atoms with van der Waals surface area (Å²) < 4.78 is 12.3. The second-order valence-corrected chi connectivity index (χ2v) is 11.3. The van der Waals surface area contributed by atoms with Crippen molar-refractivity contribution in [2.75, 3.05) is 18.5 Å². The van der Waals surface area contributed by atoms with Gasteiger partial charge in [0.05, 0.1) is 16.3 Å². The lowest BCUT2D eigenvalue weighted by Crippen LogP contribution is -2.25. The van der Waals surface area contributed by atoms with Crippen LogP contribution in [0, 0.1) is 5.92 Å². The number of carbonyl (C=O) groups is 2. The van der Waals surface area contributed by atoms with Crippen molar-refractivity contribution >= 4 is 64.4 Å². The molecule has 3 aromatic carbocycles. The Hall–Kier alpha value is -3.40. The first-order chi connectivity index (χ1) is 18.7. The number of ether oxygens (including phenoxy) is 2. The highest BCUT2D eigenvalue weighted by Gasteiger charge is 2.31. The van der Waals surface area contributed by atoms with Crippen LogP contribution < -0.4 is 19.7 Å². The van der Waals surface area contributed by atoms with Crippen LogP contribution in [-0.2, 0) is 11.2 Å². The maximum Gasteiger partial charge on any atom is 0.286 e. The van der Waals surface area contributed by atoms with Gasteiger partial charge >= 0.3 is 0 Å². The van der Waals surface area contributed by atoms with Crippen LogP contribution in [0.3, 0.4) is 0 Å². The third-order valence-corrected chi connectivity index (χ3v) is 7.40. The maximum atomic E-state index is 11.8. The monoisotopic (exact) mass is 616 g/mol. The van der Waals surface area contributed by atoms with Crippen LogP contribution >= 0.6 is 36.6 Å². The molecule has 41 heavy (non-hydrogen) atoms. The van der Waals surface area contributed by atoms with Crippen molar-refractivity contribution in [1.29, 1.82) is 0 Å². The predicted octanol–water partition coefficient (Wildman–Crippen LogP) is 7.33. The van der Waals surface area contributed by atoms with E-state index >= 15 is 0 Å². The summed E-state index contributed by atoms with van der Waals surface area (Å²) in [5, 5.41) is 1.65. The normalized spacial score (nSPS) is 15.2.